The van der Waals surface area contributed by atoms with Gasteiger partial charge in [-0.1, -0.05) is 13.8 Å². The molecule has 2 rings (SSSR count). The Labute approximate surface area is 143 Å². The van der Waals surface area contributed by atoms with E-state index in [-0.39, 0.29) is 11.7 Å². The van der Waals surface area contributed by atoms with Crippen LogP contribution in [0.25, 0.3) is 0 Å². The van der Waals surface area contributed by atoms with E-state index >= 15 is 0 Å². The van der Waals surface area contributed by atoms with E-state index in [1.165, 1.54) is 19.2 Å². The van der Waals surface area contributed by atoms with E-state index < -0.39 is 5.82 Å². The molecule has 1 aliphatic rings. The molecule has 0 radical (unpaired) electrons. The van der Waals surface area contributed by atoms with Crippen LogP contribution in [0.1, 0.15) is 24.2 Å². The molecule has 24 heavy (non-hydrogen) atoms. The lowest BCUT2D eigenvalue weighted by Gasteiger charge is -2.35. The maximum atomic E-state index is 13.7. The van der Waals surface area contributed by atoms with Gasteiger partial charge >= 0.3 is 0 Å². The molecule has 1 aliphatic heterocycles. The zero-order valence-corrected chi connectivity index (χ0v) is 14.8. The Kier molecular flexibility index (Phi) is 6.99. The van der Waals surface area contributed by atoms with Gasteiger partial charge in [0.25, 0.3) is 5.91 Å². The van der Waals surface area contributed by atoms with Crippen LogP contribution >= 0.6 is 0 Å². The van der Waals surface area contributed by atoms with Crippen LogP contribution in [-0.2, 0) is 0 Å². The number of rotatable bonds is 7. The average Bonchev–Trinajstić information content (AvgIpc) is 2.60. The number of carbonyl (C=O) groups excluding carboxylic acids is 1. The van der Waals surface area contributed by atoms with Gasteiger partial charge < -0.3 is 19.9 Å². The third-order valence-electron chi connectivity index (χ3n) is 4.51. The van der Waals surface area contributed by atoms with Crippen LogP contribution in [0.4, 0.5) is 4.39 Å². The second-order valence-electron chi connectivity index (χ2n) is 6.40. The number of benzene rings is 1. The first-order valence-corrected chi connectivity index (χ1v) is 8.60. The van der Waals surface area contributed by atoms with Crippen LogP contribution in [0, 0.1) is 11.7 Å². The monoisotopic (exact) mass is 337 g/mol. The summed E-state index contributed by atoms with van der Waals surface area (Å²) >= 11 is 0. The molecule has 0 aliphatic carbocycles. The van der Waals surface area contributed by atoms with Crippen molar-refractivity contribution in [1.82, 2.24) is 15.1 Å². The van der Waals surface area contributed by atoms with Gasteiger partial charge in [0, 0.05) is 44.8 Å². The Hall–Kier alpha value is -1.66. The fraction of sp³-hybridized carbons (Fsp3) is 0.611. The summed E-state index contributed by atoms with van der Waals surface area (Å²) in [7, 11) is 1.40. The summed E-state index contributed by atoms with van der Waals surface area (Å²) in [4.78, 5) is 17.0. The highest BCUT2D eigenvalue weighted by Crippen LogP contribution is 2.17. The van der Waals surface area contributed by atoms with E-state index in [2.05, 4.69) is 29.0 Å². The van der Waals surface area contributed by atoms with E-state index in [4.69, 9.17) is 4.74 Å². The number of carbonyl (C=O) groups is 1. The minimum absolute atomic E-state index is 0.145. The highest BCUT2D eigenvalue weighted by atomic mass is 19.1. The lowest BCUT2D eigenvalue weighted by molar-refractivity contribution is 0.0933. The molecule has 1 aromatic carbocycles. The molecule has 134 valence electrons. The van der Waals surface area contributed by atoms with E-state index in [0.29, 0.717) is 18.0 Å². The van der Waals surface area contributed by atoms with Crippen molar-refractivity contribution in [3.05, 3.63) is 29.6 Å². The predicted octanol–water partition coefficient (Wildman–Crippen LogP) is 1.84. The fourth-order valence-electron chi connectivity index (χ4n) is 2.97. The number of hydrogen-bond donors (Lipinski definition) is 1. The van der Waals surface area contributed by atoms with Crippen LogP contribution in [0.3, 0.4) is 0 Å². The van der Waals surface area contributed by atoms with Crippen molar-refractivity contribution in [2.75, 3.05) is 52.9 Å². The summed E-state index contributed by atoms with van der Waals surface area (Å²) in [5.41, 5.74) is 0.317. The number of amides is 1. The van der Waals surface area contributed by atoms with Crippen LogP contribution in [-0.4, -0.2) is 68.6 Å². The maximum Gasteiger partial charge on any atom is 0.251 e. The van der Waals surface area contributed by atoms with Gasteiger partial charge in [0.2, 0.25) is 0 Å². The maximum absolute atomic E-state index is 13.7. The van der Waals surface area contributed by atoms with Crippen molar-refractivity contribution in [2.45, 2.75) is 13.8 Å². The Bertz CT molecular complexity index is 545. The van der Waals surface area contributed by atoms with Gasteiger partial charge in [-0.15, -0.1) is 0 Å². The lowest BCUT2D eigenvalue weighted by atomic mass is 10.1. The molecule has 0 aromatic heterocycles. The molecule has 0 bridgehead atoms. The number of likely N-dealkylation sites (N-methyl/N-ethyl adjacent to an activating group) is 1. The molecule has 6 heteroatoms. The number of hydrogen-bond acceptors (Lipinski definition) is 4. The van der Waals surface area contributed by atoms with Gasteiger partial charge in [-0.05, 0) is 30.7 Å². The molecule has 1 heterocycles. The molecule has 0 spiro atoms. The number of ether oxygens (including phenoxy) is 1. The predicted molar refractivity (Wildman–Crippen MR) is 93.0 cm³/mol. The van der Waals surface area contributed by atoms with Crippen molar-refractivity contribution in [2.24, 2.45) is 5.92 Å². The minimum Gasteiger partial charge on any atom is -0.494 e. The molecule has 1 amide bonds. The number of nitrogens with one attached hydrogen (secondary N) is 1. The van der Waals surface area contributed by atoms with Crippen molar-refractivity contribution in [3.8, 4) is 5.75 Å². The van der Waals surface area contributed by atoms with Crippen molar-refractivity contribution in [3.63, 3.8) is 0 Å². The standard InChI is InChI=1S/C18H28FN3O2/c1-4-21-7-9-22(10-8-21)13-14(2)12-20-18(23)15-5-6-17(24-3)16(19)11-15/h5-6,11,14H,4,7-10,12-13H2,1-3H3,(H,20,23). The van der Waals surface area contributed by atoms with Gasteiger partial charge in [-0.3, -0.25) is 4.79 Å². The zero-order chi connectivity index (χ0) is 17.5. The Morgan fingerprint density at radius 3 is 2.54 bits per heavy atom. The number of nitrogens with zero attached hydrogens (tertiary/aromatic N) is 2. The third kappa shape index (κ3) is 5.18. The van der Waals surface area contributed by atoms with Crippen molar-refractivity contribution in [1.29, 1.82) is 0 Å². The fourth-order valence-corrected chi connectivity index (χ4v) is 2.97. The molecule has 1 fully saturated rings. The summed E-state index contributed by atoms with van der Waals surface area (Å²) < 4.78 is 18.5. The Morgan fingerprint density at radius 2 is 1.96 bits per heavy atom. The summed E-state index contributed by atoms with van der Waals surface area (Å²) in [6.45, 7) is 11.4. The number of methoxy groups -OCH3 is 1. The summed E-state index contributed by atoms with van der Waals surface area (Å²) in [6.07, 6.45) is 0. The lowest BCUT2D eigenvalue weighted by Crippen LogP contribution is -2.48. The molecule has 1 unspecified atom stereocenters. The van der Waals surface area contributed by atoms with E-state index in [1.807, 2.05) is 0 Å². The van der Waals surface area contributed by atoms with Crippen molar-refractivity contribution >= 4 is 5.91 Å². The Morgan fingerprint density at radius 1 is 1.29 bits per heavy atom. The number of halogens is 1. The average molecular weight is 337 g/mol. The highest BCUT2D eigenvalue weighted by molar-refractivity contribution is 5.94. The SMILES string of the molecule is CCN1CCN(CC(C)CNC(=O)c2ccc(OC)c(F)c2)CC1. The molecular formula is C18H28FN3O2. The van der Waals surface area contributed by atoms with Crippen LogP contribution < -0.4 is 10.1 Å². The van der Waals surface area contributed by atoms with Gasteiger partial charge in [0.05, 0.1) is 7.11 Å². The zero-order valence-electron chi connectivity index (χ0n) is 14.8. The second kappa shape index (κ2) is 8.99. The summed E-state index contributed by atoms with van der Waals surface area (Å²) in [6, 6.07) is 4.26. The normalized spacial score (nSPS) is 17.5. The van der Waals surface area contributed by atoms with E-state index in [0.717, 1.165) is 39.3 Å². The molecular weight excluding hydrogens is 309 g/mol. The third-order valence-corrected chi connectivity index (χ3v) is 4.51. The minimum atomic E-state index is -0.521. The quantitative estimate of drug-likeness (QED) is 0.825. The molecule has 1 atom stereocenters. The highest BCUT2D eigenvalue weighted by Gasteiger charge is 2.18. The Balaban J connectivity index is 1.76. The summed E-state index contributed by atoms with van der Waals surface area (Å²) in [5, 5.41) is 2.89. The topological polar surface area (TPSA) is 44.8 Å². The first-order chi connectivity index (χ1) is 11.5. The van der Waals surface area contributed by atoms with Crippen LogP contribution in [0.15, 0.2) is 18.2 Å². The largest absolute Gasteiger partial charge is 0.494 e. The molecule has 1 saturated heterocycles. The molecule has 5 nitrogen and oxygen atoms in total. The first-order valence-electron chi connectivity index (χ1n) is 8.60. The second-order valence-corrected chi connectivity index (χ2v) is 6.40. The van der Waals surface area contributed by atoms with E-state index in [9.17, 15) is 9.18 Å². The van der Waals surface area contributed by atoms with Crippen LogP contribution in [0.2, 0.25) is 0 Å². The van der Waals surface area contributed by atoms with E-state index in [1.54, 1.807) is 6.07 Å². The molecule has 0 saturated carbocycles. The van der Waals surface area contributed by atoms with Gasteiger partial charge in [0.15, 0.2) is 11.6 Å². The smallest absolute Gasteiger partial charge is 0.251 e. The molecule has 1 aromatic rings. The summed E-state index contributed by atoms with van der Waals surface area (Å²) in [5.74, 6) is -0.275. The number of piperazine rings is 1. The molecule has 1 N–H and O–H groups in total. The van der Waals surface area contributed by atoms with Crippen molar-refractivity contribution < 1.29 is 13.9 Å². The van der Waals surface area contributed by atoms with Gasteiger partial charge in [-0.25, -0.2) is 4.39 Å². The first kappa shape index (κ1) is 18.7. The van der Waals surface area contributed by atoms with Gasteiger partial charge in [0.1, 0.15) is 0 Å². The van der Waals surface area contributed by atoms with Gasteiger partial charge in [-0.2, -0.15) is 0 Å². The van der Waals surface area contributed by atoms with Crippen LogP contribution in [0.5, 0.6) is 5.75 Å².